The van der Waals surface area contributed by atoms with Crippen LogP contribution in [0, 0.1) is 0 Å². The van der Waals surface area contributed by atoms with E-state index in [0.717, 1.165) is 19.8 Å². The third kappa shape index (κ3) is 11.9. The molecule has 0 bridgehead atoms. The summed E-state index contributed by atoms with van der Waals surface area (Å²) in [4.78, 5) is 0. The molecule has 0 amide bonds. The summed E-state index contributed by atoms with van der Waals surface area (Å²) in [6, 6.07) is 0. The fourth-order valence-corrected chi connectivity index (χ4v) is 1.28. The Hall–Kier alpha value is -0.0800. The first kappa shape index (κ1) is 13.9. The largest absolute Gasteiger partial charge is 0.381 e. The Morgan fingerprint density at radius 2 is 1.57 bits per heavy atom. The van der Waals surface area contributed by atoms with E-state index >= 15 is 0 Å². The second-order valence-corrected chi connectivity index (χ2v) is 3.78. The van der Waals surface area contributed by atoms with Crippen LogP contribution in [-0.2, 0) is 4.74 Å². The standard InChI is InChI=1S/C12H27NO/c1-3-5-11-14-12-8-6-7-10-13-9-4-2/h13H,3-12H2,1-2H3. The molecular formula is C12H27NO. The van der Waals surface area contributed by atoms with E-state index in [1.54, 1.807) is 0 Å². The molecule has 0 aromatic heterocycles. The fourth-order valence-electron chi connectivity index (χ4n) is 1.28. The lowest BCUT2D eigenvalue weighted by molar-refractivity contribution is 0.127. The van der Waals surface area contributed by atoms with Gasteiger partial charge in [-0.15, -0.1) is 0 Å². The van der Waals surface area contributed by atoms with Crippen LogP contribution in [0.1, 0.15) is 52.4 Å². The van der Waals surface area contributed by atoms with Crippen LogP contribution in [0.5, 0.6) is 0 Å². The SMILES string of the molecule is CCCCOCCCCCNCCC. The number of nitrogens with one attached hydrogen (secondary N) is 1. The van der Waals surface area contributed by atoms with Gasteiger partial charge in [-0.05, 0) is 45.2 Å². The first-order valence-corrected chi connectivity index (χ1v) is 6.20. The molecule has 86 valence electrons. The molecule has 0 saturated heterocycles. The van der Waals surface area contributed by atoms with Crippen molar-refractivity contribution < 1.29 is 4.74 Å². The number of rotatable bonds is 11. The van der Waals surface area contributed by atoms with Crippen LogP contribution in [0.3, 0.4) is 0 Å². The quantitative estimate of drug-likeness (QED) is 0.519. The molecule has 0 aromatic rings. The highest BCUT2D eigenvalue weighted by Crippen LogP contribution is 1.96. The maximum absolute atomic E-state index is 5.48. The second kappa shape index (κ2) is 12.9. The average molecular weight is 201 g/mol. The van der Waals surface area contributed by atoms with Crippen LogP contribution in [0.25, 0.3) is 0 Å². The fraction of sp³-hybridized carbons (Fsp3) is 1.00. The highest BCUT2D eigenvalue weighted by atomic mass is 16.5. The van der Waals surface area contributed by atoms with E-state index in [4.69, 9.17) is 4.74 Å². The molecule has 2 nitrogen and oxygen atoms in total. The summed E-state index contributed by atoms with van der Waals surface area (Å²) < 4.78 is 5.48. The van der Waals surface area contributed by atoms with Crippen LogP contribution in [0.2, 0.25) is 0 Å². The van der Waals surface area contributed by atoms with E-state index in [0.29, 0.717) is 0 Å². The van der Waals surface area contributed by atoms with Crippen LogP contribution in [0.15, 0.2) is 0 Å². The third-order valence-electron chi connectivity index (χ3n) is 2.21. The first-order valence-electron chi connectivity index (χ1n) is 6.20. The van der Waals surface area contributed by atoms with Crippen LogP contribution >= 0.6 is 0 Å². The molecule has 0 unspecified atom stereocenters. The van der Waals surface area contributed by atoms with E-state index in [2.05, 4.69) is 19.2 Å². The highest BCUT2D eigenvalue weighted by molar-refractivity contribution is 4.47. The Morgan fingerprint density at radius 1 is 0.786 bits per heavy atom. The molecular weight excluding hydrogens is 174 g/mol. The molecule has 0 atom stereocenters. The molecule has 0 aliphatic rings. The molecule has 0 aliphatic carbocycles. The smallest absolute Gasteiger partial charge is 0.0466 e. The molecule has 0 heterocycles. The third-order valence-corrected chi connectivity index (χ3v) is 2.21. The van der Waals surface area contributed by atoms with Crippen LogP contribution in [0.4, 0.5) is 0 Å². The van der Waals surface area contributed by atoms with Gasteiger partial charge in [0.2, 0.25) is 0 Å². The van der Waals surface area contributed by atoms with E-state index in [-0.39, 0.29) is 0 Å². The van der Waals surface area contributed by atoms with E-state index in [1.807, 2.05) is 0 Å². The molecule has 0 fully saturated rings. The minimum atomic E-state index is 0.949. The molecule has 2 heteroatoms. The molecule has 1 N–H and O–H groups in total. The highest BCUT2D eigenvalue weighted by Gasteiger charge is 1.90. The minimum absolute atomic E-state index is 0.949. The predicted octanol–water partition coefficient (Wildman–Crippen LogP) is 2.97. The summed E-state index contributed by atoms with van der Waals surface area (Å²) in [5, 5.41) is 3.41. The van der Waals surface area contributed by atoms with Gasteiger partial charge in [0.1, 0.15) is 0 Å². The molecule has 0 aromatic carbocycles. The van der Waals surface area contributed by atoms with Crippen molar-refractivity contribution in [1.29, 1.82) is 0 Å². The summed E-state index contributed by atoms with van der Waals surface area (Å²) >= 11 is 0. The van der Waals surface area contributed by atoms with Crippen LogP contribution < -0.4 is 5.32 Å². The monoisotopic (exact) mass is 201 g/mol. The van der Waals surface area contributed by atoms with Crippen molar-refractivity contribution in [3.63, 3.8) is 0 Å². The molecule has 14 heavy (non-hydrogen) atoms. The summed E-state index contributed by atoms with van der Waals surface area (Å²) in [7, 11) is 0. The Bertz CT molecular complexity index is 84.3. The Balaban J connectivity index is 2.78. The Kier molecular flexibility index (Phi) is 12.8. The normalized spacial score (nSPS) is 10.7. The summed E-state index contributed by atoms with van der Waals surface area (Å²) in [6.45, 7) is 8.63. The topological polar surface area (TPSA) is 21.3 Å². The maximum Gasteiger partial charge on any atom is 0.0466 e. The maximum atomic E-state index is 5.48. The van der Waals surface area contributed by atoms with Gasteiger partial charge in [0, 0.05) is 13.2 Å². The van der Waals surface area contributed by atoms with Gasteiger partial charge in [0.05, 0.1) is 0 Å². The second-order valence-electron chi connectivity index (χ2n) is 3.78. The van der Waals surface area contributed by atoms with Crippen molar-refractivity contribution in [3.05, 3.63) is 0 Å². The molecule has 0 radical (unpaired) electrons. The molecule has 0 aliphatic heterocycles. The van der Waals surface area contributed by atoms with Crippen molar-refractivity contribution >= 4 is 0 Å². The van der Waals surface area contributed by atoms with Gasteiger partial charge in [-0.3, -0.25) is 0 Å². The van der Waals surface area contributed by atoms with Gasteiger partial charge in [0.25, 0.3) is 0 Å². The van der Waals surface area contributed by atoms with Crippen LogP contribution in [-0.4, -0.2) is 26.3 Å². The zero-order valence-electron chi connectivity index (χ0n) is 9.98. The molecule has 0 rings (SSSR count). The first-order chi connectivity index (χ1) is 6.91. The lowest BCUT2D eigenvalue weighted by Crippen LogP contribution is -2.15. The summed E-state index contributed by atoms with van der Waals surface area (Å²) in [5.41, 5.74) is 0. The number of unbranched alkanes of at least 4 members (excludes halogenated alkanes) is 3. The van der Waals surface area contributed by atoms with Crippen molar-refractivity contribution in [3.8, 4) is 0 Å². The zero-order chi connectivity index (χ0) is 10.5. The zero-order valence-corrected chi connectivity index (χ0v) is 9.98. The summed E-state index contributed by atoms with van der Waals surface area (Å²) in [6.07, 6.45) is 7.48. The lowest BCUT2D eigenvalue weighted by atomic mass is 10.2. The van der Waals surface area contributed by atoms with Gasteiger partial charge in [-0.25, -0.2) is 0 Å². The Morgan fingerprint density at radius 3 is 2.29 bits per heavy atom. The Labute approximate surface area is 89.4 Å². The van der Waals surface area contributed by atoms with E-state index in [1.165, 1.54) is 45.1 Å². The van der Waals surface area contributed by atoms with Gasteiger partial charge in [-0.1, -0.05) is 20.3 Å². The van der Waals surface area contributed by atoms with Crippen molar-refractivity contribution in [2.24, 2.45) is 0 Å². The van der Waals surface area contributed by atoms with Gasteiger partial charge >= 0.3 is 0 Å². The number of hydrogen-bond acceptors (Lipinski definition) is 2. The minimum Gasteiger partial charge on any atom is -0.381 e. The van der Waals surface area contributed by atoms with E-state index in [9.17, 15) is 0 Å². The summed E-state index contributed by atoms with van der Waals surface area (Å²) in [5.74, 6) is 0. The van der Waals surface area contributed by atoms with Crippen molar-refractivity contribution in [2.75, 3.05) is 26.3 Å². The number of hydrogen-bond donors (Lipinski definition) is 1. The van der Waals surface area contributed by atoms with Gasteiger partial charge in [0.15, 0.2) is 0 Å². The number of ether oxygens (including phenoxy) is 1. The molecule has 0 saturated carbocycles. The van der Waals surface area contributed by atoms with Gasteiger partial charge < -0.3 is 10.1 Å². The average Bonchev–Trinajstić information content (AvgIpc) is 2.21. The van der Waals surface area contributed by atoms with E-state index < -0.39 is 0 Å². The van der Waals surface area contributed by atoms with Crippen molar-refractivity contribution in [2.45, 2.75) is 52.4 Å². The molecule has 0 spiro atoms. The lowest BCUT2D eigenvalue weighted by Gasteiger charge is -2.04. The van der Waals surface area contributed by atoms with Gasteiger partial charge in [-0.2, -0.15) is 0 Å². The van der Waals surface area contributed by atoms with Crippen molar-refractivity contribution in [1.82, 2.24) is 5.32 Å². The predicted molar refractivity (Wildman–Crippen MR) is 62.7 cm³/mol.